The third kappa shape index (κ3) is 3.90. The van der Waals surface area contributed by atoms with Gasteiger partial charge in [0.2, 0.25) is 0 Å². The van der Waals surface area contributed by atoms with Crippen molar-refractivity contribution >= 4 is 0 Å². The van der Waals surface area contributed by atoms with Crippen LogP contribution in [0.15, 0.2) is 48.5 Å². The number of phenols is 1. The van der Waals surface area contributed by atoms with E-state index < -0.39 is 0 Å². The molecule has 0 spiro atoms. The zero-order valence-corrected chi connectivity index (χ0v) is 16.8. The van der Waals surface area contributed by atoms with E-state index >= 15 is 0 Å². The molecule has 2 aromatic rings. The molecule has 2 bridgehead atoms. The molecule has 2 heterocycles. The second-order valence-corrected chi connectivity index (χ2v) is 8.82. The predicted octanol–water partition coefficient (Wildman–Crippen LogP) is 4.78. The van der Waals surface area contributed by atoms with Crippen molar-refractivity contribution in [3.8, 4) is 5.75 Å². The monoisotopic (exact) mass is 364 g/mol. The summed E-state index contributed by atoms with van der Waals surface area (Å²) >= 11 is 0. The molecule has 3 atom stereocenters. The Bertz CT molecular complexity index is 770. The molecule has 3 unspecified atom stereocenters. The van der Waals surface area contributed by atoms with Crippen molar-refractivity contribution in [1.82, 2.24) is 9.80 Å². The van der Waals surface area contributed by atoms with E-state index in [2.05, 4.69) is 55.0 Å². The summed E-state index contributed by atoms with van der Waals surface area (Å²) in [4.78, 5) is 5.24. The largest absolute Gasteiger partial charge is 0.508 e. The van der Waals surface area contributed by atoms with E-state index in [9.17, 15) is 5.11 Å². The minimum Gasteiger partial charge on any atom is -0.508 e. The maximum absolute atomic E-state index is 9.51. The fraction of sp³-hybridized carbons (Fsp3) is 0.500. The molecule has 2 aromatic carbocycles. The molecule has 27 heavy (non-hydrogen) atoms. The van der Waals surface area contributed by atoms with Crippen molar-refractivity contribution in [2.24, 2.45) is 5.92 Å². The Kier molecular flexibility index (Phi) is 5.25. The first kappa shape index (κ1) is 18.5. The van der Waals surface area contributed by atoms with E-state index in [1.807, 2.05) is 12.1 Å². The third-order valence-electron chi connectivity index (χ3n) is 6.53. The van der Waals surface area contributed by atoms with Gasteiger partial charge in [0.05, 0.1) is 0 Å². The number of fused-ring (bicyclic) bond motifs is 2. The Balaban J connectivity index is 1.50. The fourth-order valence-electron chi connectivity index (χ4n) is 5.15. The van der Waals surface area contributed by atoms with Crippen LogP contribution in [-0.4, -0.2) is 41.1 Å². The highest BCUT2D eigenvalue weighted by Crippen LogP contribution is 2.42. The SMILES string of the molecule is CC(C)c1ccccc1C1CC2CC(CN(Cc3ccc(O)cc3)C2)N1C. The summed E-state index contributed by atoms with van der Waals surface area (Å²) < 4.78 is 0. The molecule has 3 heteroatoms. The summed E-state index contributed by atoms with van der Waals surface area (Å²) in [6.45, 7) is 7.91. The average Bonchev–Trinajstić information content (AvgIpc) is 2.66. The Morgan fingerprint density at radius 1 is 1.00 bits per heavy atom. The molecular weight excluding hydrogens is 332 g/mol. The van der Waals surface area contributed by atoms with Crippen molar-refractivity contribution < 1.29 is 5.11 Å². The van der Waals surface area contributed by atoms with Gasteiger partial charge in [0.25, 0.3) is 0 Å². The van der Waals surface area contributed by atoms with Crippen LogP contribution in [0.1, 0.15) is 55.3 Å². The highest BCUT2D eigenvalue weighted by molar-refractivity contribution is 5.33. The van der Waals surface area contributed by atoms with Gasteiger partial charge < -0.3 is 5.11 Å². The van der Waals surface area contributed by atoms with Gasteiger partial charge in [-0.2, -0.15) is 0 Å². The zero-order valence-electron chi connectivity index (χ0n) is 16.8. The molecular formula is C24H32N2O. The van der Waals surface area contributed by atoms with Crippen LogP contribution in [0.3, 0.4) is 0 Å². The van der Waals surface area contributed by atoms with Crippen LogP contribution in [-0.2, 0) is 6.54 Å². The highest BCUT2D eigenvalue weighted by Gasteiger charge is 2.39. The summed E-state index contributed by atoms with van der Waals surface area (Å²) in [7, 11) is 2.33. The number of nitrogens with zero attached hydrogens (tertiary/aromatic N) is 2. The number of hydrogen-bond donors (Lipinski definition) is 1. The molecule has 2 aliphatic rings. The summed E-state index contributed by atoms with van der Waals surface area (Å²) in [5, 5.41) is 9.51. The second-order valence-electron chi connectivity index (χ2n) is 8.82. The summed E-state index contributed by atoms with van der Waals surface area (Å²) in [5.74, 6) is 1.69. The number of rotatable bonds is 4. The van der Waals surface area contributed by atoms with Crippen LogP contribution in [0.25, 0.3) is 0 Å². The second kappa shape index (κ2) is 7.65. The van der Waals surface area contributed by atoms with Gasteiger partial charge in [-0.05, 0) is 60.5 Å². The van der Waals surface area contributed by atoms with Crippen LogP contribution in [0, 0.1) is 5.92 Å². The topological polar surface area (TPSA) is 26.7 Å². The van der Waals surface area contributed by atoms with Crippen molar-refractivity contribution in [3.63, 3.8) is 0 Å². The van der Waals surface area contributed by atoms with Gasteiger partial charge in [-0.3, -0.25) is 9.80 Å². The van der Waals surface area contributed by atoms with E-state index in [0.29, 0.717) is 23.8 Å². The maximum Gasteiger partial charge on any atom is 0.115 e. The summed E-state index contributed by atoms with van der Waals surface area (Å²) in [5.41, 5.74) is 4.34. The number of aromatic hydroxyl groups is 1. The van der Waals surface area contributed by atoms with E-state index in [4.69, 9.17) is 0 Å². The molecule has 2 fully saturated rings. The lowest BCUT2D eigenvalue weighted by Crippen LogP contribution is -2.54. The molecule has 2 saturated heterocycles. The number of piperidine rings is 2. The molecule has 3 nitrogen and oxygen atoms in total. The Morgan fingerprint density at radius 3 is 2.48 bits per heavy atom. The lowest BCUT2D eigenvalue weighted by Gasteiger charge is -2.50. The van der Waals surface area contributed by atoms with Crippen LogP contribution in [0.4, 0.5) is 0 Å². The number of likely N-dealkylation sites (N-methyl/N-ethyl adjacent to an activating group) is 1. The van der Waals surface area contributed by atoms with Crippen molar-refractivity contribution in [1.29, 1.82) is 0 Å². The van der Waals surface area contributed by atoms with Gasteiger partial charge in [0.1, 0.15) is 5.75 Å². The smallest absolute Gasteiger partial charge is 0.115 e. The number of hydrogen-bond acceptors (Lipinski definition) is 3. The van der Waals surface area contributed by atoms with E-state index in [-0.39, 0.29) is 0 Å². The summed E-state index contributed by atoms with van der Waals surface area (Å²) in [6, 6.07) is 17.9. The molecule has 2 aliphatic heterocycles. The van der Waals surface area contributed by atoms with Crippen molar-refractivity contribution in [2.45, 2.75) is 51.2 Å². The highest BCUT2D eigenvalue weighted by atomic mass is 16.3. The van der Waals surface area contributed by atoms with E-state index in [1.165, 1.54) is 36.1 Å². The first-order valence-corrected chi connectivity index (χ1v) is 10.3. The number of benzene rings is 2. The minimum absolute atomic E-state index is 0.348. The molecule has 0 saturated carbocycles. The van der Waals surface area contributed by atoms with E-state index in [1.54, 1.807) is 12.1 Å². The van der Waals surface area contributed by atoms with Gasteiger partial charge in [-0.25, -0.2) is 0 Å². The molecule has 0 radical (unpaired) electrons. The normalized spacial score (nSPS) is 26.4. The lowest BCUT2D eigenvalue weighted by molar-refractivity contribution is -0.00440. The molecule has 1 N–H and O–H groups in total. The quantitative estimate of drug-likeness (QED) is 0.845. The Hall–Kier alpha value is -1.84. The van der Waals surface area contributed by atoms with E-state index in [0.717, 1.165) is 19.0 Å². The molecule has 0 aliphatic carbocycles. The number of likely N-dealkylation sites (tertiary alicyclic amines) is 2. The summed E-state index contributed by atoms with van der Waals surface area (Å²) in [6.07, 6.45) is 2.58. The maximum atomic E-state index is 9.51. The Labute approximate surface area is 163 Å². The fourth-order valence-corrected chi connectivity index (χ4v) is 5.15. The first-order valence-electron chi connectivity index (χ1n) is 10.3. The molecule has 4 rings (SSSR count). The minimum atomic E-state index is 0.348. The average molecular weight is 365 g/mol. The third-order valence-corrected chi connectivity index (χ3v) is 6.53. The molecule has 0 amide bonds. The van der Waals surface area contributed by atoms with Crippen LogP contribution < -0.4 is 0 Å². The van der Waals surface area contributed by atoms with Crippen molar-refractivity contribution in [3.05, 3.63) is 65.2 Å². The van der Waals surface area contributed by atoms with Gasteiger partial charge >= 0.3 is 0 Å². The Morgan fingerprint density at radius 2 is 1.74 bits per heavy atom. The molecule has 144 valence electrons. The van der Waals surface area contributed by atoms with Gasteiger partial charge in [-0.15, -0.1) is 0 Å². The number of phenolic OH excluding ortho intramolecular Hbond substituents is 1. The van der Waals surface area contributed by atoms with Crippen molar-refractivity contribution in [2.75, 3.05) is 20.1 Å². The molecule has 0 aromatic heterocycles. The van der Waals surface area contributed by atoms with Gasteiger partial charge in [0.15, 0.2) is 0 Å². The lowest BCUT2D eigenvalue weighted by atomic mass is 9.78. The van der Waals surface area contributed by atoms with Crippen LogP contribution in [0.5, 0.6) is 5.75 Å². The van der Waals surface area contributed by atoms with Crippen LogP contribution in [0.2, 0.25) is 0 Å². The predicted molar refractivity (Wildman–Crippen MR) is 111 cm³/mol. The zero-order chi connectivity index (χ0) is 19.0. The first-order chi connectivity index (χ1) is 13.0. The van der Waals surface area contributed by atoms with Gasteiger partial charge in [-0.1, -0.05) is 50.2 Å². The standard InChI is InChI=1S/C24H32N2O/c1-17(2)22-6-4-5-7-23(22)24-13-19-12-20(25(24)3)16-26(15-19)14-18-8-10-21(27)11-9-18/h4-11,17,19-20,24,27H,12-16H2,1-3H3. The van der Waals surface area contributed by atoms with Crippen LogP contribution >= 0.6 is 0 Å². The van der Waals surface area contributed by atoms with Gasteiger partial charge in [0, 0.05) is 31.7 Å².